The average molecular weight is 393 g/mol. The second kappa shape index (κ2) is 7.58. The van der Waals surface area contributed by atoms with Crippen LogP contribution in [0.3, 0.4) is 0 Å². The van der Waals surface area contributed by atoms with Crippen molar-refractivity contribution in [1.29, 1.82) is 0 Å². The van der Waals surface area contributed by atoms with Crippen LogP contribution in [0.15, 0.2) is 28.7 Å². The second-order valence-electron chi connectivity index (χ2n) is 4.54. The largest absolute Gasteiger partial charge is 0.497 e. The van der Waals surface area contributed by atoms with Crippen molar-refractivity contribution in [2.24, 2.45) is 0 Å². The minimum absolute atomic E-state index is 0.218. The van der Waals surface area contributed by atoms with Crippen molar-refractivity contribution in [3.63, 3.8) is 0 Å². The first-order chi connectivity index (χ1) is 10.1. The van der Waals surface area contributed by atoms with Gasteiger partial charge in [0.25, 0.3) is 0 Å². The molecule has 0 radical (unpaired) electrons. The van der Waals surface area contributed by atoms with Gasteiger partial charge in [-0.05, 0) is 41.0 Å². The van der Waals surface area contributed by atoms with Crippen molar-refractivity contribution >= 4 is 38.9 Å². The Kier molecular flexibility index (Phi) is 6.05. The molecule has 2 aromatic rings. The average Bonchev–Trinajstić information content (AvgIpc) is 2.80. The van der Waals surface area contributed by atoms with Crippen molar-refractivity contribution < 1.29 is 9.13 Å². The minimum atomic E-state index is -0.288. The van der Waals surface area contributed by atoms with Crippen molar-refractivity contribution in [3.05, 3.63) is 49.3 Å². The molecule has 1 atom stereocenters. The molecular formula is C15H16BrClFNOS. The van der Waals surface area contributed by atoms with Crippen LogP contribution < -0.4 is 10.1 Å². The maximum atomic E-state index is 14.3. The number of rotatable bonds is 6. The molecule has 0 saturated carbocycles. The van der Waals surface area contributed by atoms with E-state index in [2.05, 4.69) is 28.2 Å². The lowest BCUT2D eigenvalue weighted by Crippen LogP contribution is -2.23. The van der Waals surface area contributed by atoms with Crippen molar-refractivity contribution in [2.75, 3.05) is 13.7 Å². The highest BCUT2D eigenvalue weighted by atomic mass is 79.9. The summed E-state index contributed by atoms with van der Waals surface area (Å²) in [6.45, 7) is 2.87. The zero-order chi connectivity index (χ0) is 15.4. The van der Waals surface area contributed by atoms with Gasteiger partial charge in [0.1, 0.15) is 15.9 Å². The zero-order valence-corrected chi connectivity index (χ0v) is 14.9. The van der Waals surface area contributed by atoms with Crippen molar-refractivity contribution in [2.45, 2.75) is 19.4 Å². The molecular weight excluding hydrogens is 377 g/mol. The molecule has 0 spiro atoms. The predicted octanol–water partition coefficient (Wildman–Crippen LogP) is 5.40. The topological polar surface area (TPSA) is 21.3 Å². The minimum Gasteiger partial charge on any atom is -0.497 e. The van der Waals surface area contributed by atoms with Crippen LogP contribution in [0.5, 0.6) is 5.75 Å². The molecule has 2 nitrogen and oxygen atoms in total. The summed E-state index contributed by atoms with van der Waals surface area (Å²) in [7, 11) is 1.53. The van der Waals surface area contributed by atoms with Gasteiger partial charge >= 0.3 is 0 Å². The molecule has 0 aliphatic heterocycles. The lowest BCUT2D eigenvalue weighted by atomic mass is 10.0. The Labute approximate surface area is 141 Å². The van der Waals surface area contributed by atoms with Gasteiger partial charge in [-0.25, -0.2) is 4.39 Å². The molecule has 2 rings (SSSR count). The zero-order valence-electron chi connectivity index (χ0n) is 11.8. The Morgan fingerprint density at radius 1 is 1.43 bits per heavy atom. The van der Waals surface area contributed by atoms with Gasteiger partial charge in [0.15, 0.2) is 0 Å². The number of benzene rings is 1. The maximum Gasteiger partial charge on any atom is 0.132 e. The number of hydrogen-bond donors (Lipinski definition) is 1. The molecule has 21 heavy (non-hydrogen) atoms. The number of ether oxygens (including phenoxy) is 1. The van der Waals surface area contributed by atoms with Gasteiger partial charge in [-0.15, -0.1) is 11.3 Å². The van der Waals surface area contributed by atoms with Gasteiger partial charge in [0, 0.05) is 21.0 Å². The summed E-state index contributed by atoms with van der Waals surface area (Å²) in [4.78, 5) is 0.976. The predicted molar refractivity (Wildman–Crippen MR) is 90.1 cm³/mol. The Balaban J connectivity index is 2.40. The summed E-state index contributed by atoms with van der Waals surface area (Å²) < 4.78 is 20.9. The molecule has 0 fully saturated rings. The highest BCUT2D eigenvalue weighted by Crippen LogP contribution is 2.38. The van der Waals surface area contributed by atoms with E-state index in [9.17, 15) is 4.39 Å². The molecule has 6 heteroatoms. The number of hydrogen-bond acceptors (Lipinski definition) is 3. The van der Waals surface area contributed by atoms with E-state index in [1.54, 1.807) is 12.1 Å². The molecule has 1 aromatic heterocycles. The second-order valence-corrected chi connectivity index (χ2v) is 7.09. The van der Waals surface area contributed by atoms with Gasteiger partial charge in [0.2, 0.25) is 0 Å². The highest BCUT2D eigenvalue weighted by molar-refractivity contribution is 9.10. The first-order valence-corrected chi connectivity index (χ1v) is 8.57. The summed E-state index contributed by atoms with van der Waals surface area (Å²) >= 11 is 11.0. The van der Waals surface area contributed by atoms with Gasteiger partial charge in [-0.1, -0.05) is 24.6 Å². The summed E-state index contributed by atoms with van der Waals surface area (Å²) in [5.41, 5.74) is 0.592. The quantitative estimate of drug-likeness (QED) is 0.710. The Morgan fingerprint density at radius 2 is 2.19 bits per heavy atom. The Morgan fingerprint density at radius 3 is 2.71 bits per heavy atom. The summed E-state index contributed by atoms with van der Waals surface area (Å²) in [6.07, 6.45) is 0.967. The molecule has 0 bridgehead atoms. The van der Waals surface area contributed by atoms with E-state index in [0.29, 0.717) is 15.6 Å². The van der Waals surface area contributed by atoms with Crippen LogP contribution >= 0.6 is 38.9 Å². The van der Waals surface area contributed by atoms with Gasteiger partial charge in [0.05, 0.1) is 13.2 Å². The molecule has 0 aliphatic rings. The number of halogens is 3. The lowest BCUT2D eigenvalue weighted by molar-refractivity contribution is 0.410. The van der Waals surface area contributed by atoms with Crippen molar-refractivity contribution in [1.82, 2.24) is 5.32 Å². The molecule has 1 aromatic carbocycles. The van der Waals surface area contributed by atoms with E-state index >= 15 is 0 Å². The third-order valence-corrected chi connectivity index (χ3v) is 5.61. The molecule has 0 saturated heterocycles. The summed E-state index contributed by atoms with van der Waals surface area (Å²) in [5, 5.41) is 3.37. The summed E-state index contributed by atoms with van der Waals surface area (Å²) in [5.74, 6) is 0.222. The highest BCUT2D eigenvalue weighted by Gasteiger charge is 2.21. The van der Waals surface area contributed by atoms with E-state index in [1.165, 1.54) is 24.5 Å². The Bertz CT molecular complexity index is 600. The van der Waals surface area contributed by atoms with E-state index in [-0.39, 0.29) is 11.9 Å². The fraction of sp³-hybridized carbons (Fsp3) is 0.333. The van der Waals surface area contributed by atoms with Crippen LogP contribution in [0.2, 0.25) is 4.34 Å². The monoisotopic (exact) mass is 391 g/mol. The van der Waals surface area contributed by atoms with E-state index in [1.807, 2.05) is 6.07 Å². The first-order valence-electron chi connectivity index (χ1n) is 6.58. The third-order valence-electron chi connectivity index (χ3n) is 3.07. The Hall–Kier alpha value is -0.620. The molecule has 0 aliphatic carbocycles. The molecule has 0 amide bonds. The smallest absolute Gasteiger partial charge is 0.132 e. The first kappa shape index (κ1) is 16.7. The number of nitrogens with one attached hydrogen (secondary N) is 1. The van der Waals surface area contributed by atoms with Crippen LogP contribution in [0, 0.1) is 5.82 Å². The molecule has 1 heterocycles. The third kappa shape index (κ3) is 3.97. The van der Waals surface area contributed by atoms with Gasteiger partial charge in [-0.2, -0.15) is 0 Å². The summed E-state index contributed by atoms with van der Waals surface area (Å²) in [6, 6.07) is 6.64. The van der Waals surface area contributed by atoms with Gasteiger partial charge < -0.3 is 10.1 Å². The fourth-order valence-corrected chi connectivity index (χ4v) is 3.86. The molecule has 1 N–H and O–H groups in total. The fourth-order valence-electron chi connectivity index (χ4n) is 2.03. The van der Waals surface area contributed by atoms with Crippen LogP contribution in [0.25, 0.3) is 0 Å². The number of methoxy groups -OCH3 is 1. The van der Waals surface area contributed by atoms with Crippen LogP contribution in [0.1, 0.15) is 29.8 Å². The van der Waals surface area contributed by atoms with E-state index in [0.717, 1.165) is 22.3 Å². The van der Waals surface area contributed by atoms with E-state index < -0.39 is 0 Å². The normalized spacial score (nSPS) is 12.4. The lowest BCUT2D eigenvalue weighted by Gasteiger charge is -2.18. The van der Waals surface area contributed by atoms with E-state index in [4.69, 9.17) is 16.3 Å². The van der Waals surface area contributed by atoms with Crippen LogP contribution in [-0.4, -0.2) is 13.7 Å². The standard InChI is InChI=1S/C15H16BrClFNOS/c1-3-6-19-14(13-8-11(16)15(17)21-13)10-5-4-9(20-2)7-12(10)18/h4-5,7-8,14,19H,3,6H2,1-2H3. The van der Waals surface area contributed by atoms with Crippen LogP contribution in [0.4, 0.5) is 4.39 Å². The number of thiophene rings is 1. The maximum absolute atomic E-state index is 14.3. The van der Waals surface area contributed by atoms with Crippen LogP contribution in [-0.2, 0) is 0 Å². The van der Waals surface area contributed by atoms with Gasteiger partial charge in [-0.3, -0.25) is 0 Å². The molecule has 114 valence electrons. The van der Waals surface area contributed by atoms with Crippen molar-refractivity contribution in [3.8, 4) is 5.75 Å². The molecule has 1 unspecified atom stereocenters. The SMILES string of the molecule is CCCNC(c1cc(Br)c(Cl)s1)c1ccc(OC)cc1F.